The molecule has 3 aromatic rings. The largest absolute Gasteiger partial charge is 0.507 e. The van der Waals surface area contributed by atoms with Gasteiger partial charge in [-0.15, -0.1) is 0 Å². The molecule has 0 bridgehead atoms. The van der Waals surface area contributed by atoms with Crippen LogP contribution < -0.4 is 4.74 Å². The first-order chi connectivity index (χ1) is 15.2. The van der Waals surface area contributed by atoms with Gasteiger partial charge in [0, 0.05) is 30.9 Å². The van der Waals surface area contributed by atoms with Crippen molar-refractivity contribution in [2.45, 2.75) is 26.3 Å². The molecule has 1 atom stereocenters. The van der Waals surface area contributed by atoms with E-state index in [-0.39, 0.29) is 17.7 Å². The molecular weight excluding hydrogens is 394 g/mol. The number of benzene rings is 2. The number of H-pyrrole nitrogens is 1. The lowest BCUT2D eigenvalue weighted by Crippen LogP contribution is -2.31. The lowest BCUT2D eigenvalue weighted by Gasteiger charge is -2.26. The standard InChI is InChI=1S/C24H27N3O4/c1-3-30-14-8-13-27-23(16-9-7-10-17(15-16)31-4-2)20-21(25-26-22(20)24(27)29)18-11-5-6-12-19(18)28/h5-7,9-12,15,23,28H,3-4,8,13-14H2,1-2H3,(H,25,26). The lowest BCUT2D eigenvalue weighted by atomic mass is 9.95. The van der Waals surface area contributed by atoms with E-state index in [2.05, 4.69) is 10.2 Å². The third-order valence-corrected chi connectivity index (χ3v) is 5.40. The van der Waals surface area contributed by atoms with Gasteiger partial charge in [0.2, 0.25) is 0 Å². The average molecular weight is 421 g/mol. The van der Waals surface area contributed by atoms with E-state index in [1.54, 1.807) is 12.1 Å². The van der Waals surface area contributed by atoms with Crippen molar-refractivity contribution in [2.24, 2.45) is 0 Å². The highest BCUT2D eigenvalue weighted by Gasteiger charge is 2.42. The molecule has 1 aliphatic heterocycles. The fourth-order valence-electron chi connectivity index (χ4n) is 4.08. The number of aromatic nitrogens is 2. The number of nitrogens with zero attached hydrogens (tertiary/aromatic N) is 2. The van der Waals surface area contributed by atoms with Crippen LogP contribution >= 0.6 is 0 Å². The van der Waals surface area contributed by atoms with Crippen molar-refractivity contribution in [2.75, 3.05) is 26.4 Å². The van der Waals surface area contributed by atoms with E-state index in [9.17, 15) is 9.90 Å². The van der Waals surface area contributed by atoms with Gasteiger partial charge in [-0.1, -0.05) is 24.3 Å². The molecule has 0 saturated heterocycles. The molecule has 162 valence electrons. The van der Waals surface area contributed by atoms with Crippen molar-refractivity contribution in [3.63, 3.8) is 0 Å². The molecule has 7 heteroatoms. The molecule has 1 aromatic heterocycles. The Kier molecular flexibility index (Phi) is 6.23. The Bertz CT molecular complexity index is 1060. The Morgan fingerprint density at radius 3 is 2.74 bits per heavy atom. The van der Waals surface area contributed by atoms with Gasteiger partial charge < -0.3 is 19.5 Å². The van der Waals surface area contributed by atoms with Gasteiger partial charge in [0.15, 0.2) is 0 Å². The Balaban J connectivity index is 1.79. The molecule has 0 aliphatic carbocycles. The van der Waals surface area contributed by atoms with Gasteiger partial charge in [0.1, 0.15) is 22.9 Å². The first kappa shape index (κ1) is 20.9. The van der Waals surface area contributed by atoms with E-state index >= 15 is 0 Å². The van der Waals surface area contributed by atoms with Crippen molar-refractivity contribution in [3.8, 4) is 22.8 Å². The van der Waals surface area contributed by atoms with E-state index in [4.69, 9.17) is 9.47 Å². The molecule has 31 heavy (non-hydrogen) atoms. The zero-order valence-electron chi connectivity index (χ0n) is 17.8. The van der Waals surface area contributed by atoms with Crippen molar-refractivity contribution in [1.82, 2.24) is 15.1 Å². The Labute approximate surface area is 181 Å². The summed E-state index contributed by atoms with van der Waals surface area (Å²) in [5, 5.41) is 17.8. The number of rotatable bonds is 9. The number of para-hydroxylation sites is 1. The maximum Gasteiger partial charge on any atom is 0.273 e. The second kappa shape index (κ2) is 9.22. The number of carbonyl (C=O) groups is 1. The number of phenolic OH excluding ortho intramolecular Hbond substituents is 1. The summed E-state index contributed by atoms with van der Waals surface area (Å²) in [6.07, 6.45) is 0.727. The molecule has 7 nitrogen and oxygen atoms in total. The summed E-state index contributed by atoms with van der Waals surface area (Å²) >= 11 is 0. The first-order valence-corrected chi connectivity index (χ1v) is 10.6. The highest BCUT2D eigenvalue weighted by atomic mass is 16.5. The molecule has 2 heterocycles. The second-order valence-corrected chi connectivity index (χ2v) is 7.34. The van der Waals surface area contributed by atoms with E-state index in [1.807, 2.05) is 55.1 Å². The van der Waals surface area contributed by atoms with Crippen LogP contribution in [0.25, 0.3) is 11.3 Å². The summed E-state index contributed by atoms with van der Waals surface area (Å²) in [4.78, 5) is 15.1. The quantitative estimate of drug-likeness (QED) is 0.507. The Hall–Kier alpha value is -3.32. The maximum absolute atomic E-state index is 13.3. The van der Waals surface area contributed by atoms with E-state index in [0.717, 1.165) is 23.3 Å². The van der Waals surface area contributed by atoms with Gasteiger partial charge in [-0.05, 0) is 50.1 Å². The van der Waals surface area contributed by atoms with Gasteiger partial charge >= 0.3 is 0 Å². The van der Waals surface area contributed by atoms with Crippen LogP contribution in [0.5, 0.6) is 11.5 Å². The molecule has 0 radical (unpaired) electrons. The summed E-state index contributed by atoms with van der Waals surface area (Å²) in [7, 11) is 0. The molecular formula is C24H27N3O4. The fourth-order valence-corrected chi connectivity index (χ4v) is 4.08. The zero-order valence-corrected chi connectivity index (χ0v) is 17.8. The van der Waals surface area contributed by atoms with Crippen LogP contribution in [0.15, 0.2) is 48.5 Å². The summed E-state index contributed by atoms with van der Waals surface area (Å²) in [5.74, 6) is 0.774. The smallest absolute Gasteiger partial charge is 0.273 e. The number of hydrogen-bond donors (Lipinski definition) is 2. The average Bonchev–Trinajstić information content (AvgIpc) is 3.31. The van der Waals surface area contributed by atoms with Crippen LogP contribution in [0.1, 0.15) is 47.9 Å². The summed E-state index contributed by atoms with van der Waals surface area (Å²) in [5.41, 5.74) is 3.35. The van der Waals surface area contributed by atoms with E-state index in [0.29, 0.717) is 43.3 Å². The minimum absolute atomic E-state index is 0.104. The maximum atomic E-state index is 13.3. The van der Waals surface area contributed by atoms with Crippen molar-refractivity contribution >= 4 is 5.91 Å². The molecule has 4 rings (SSSR count). The molecule has 0 spiro atoms. The van der Waals surface area contributed by atoms with Crippen LogP contribution in [0.3, 0.4) is 0 Å². The number of ether oxygens (including phenoxy) is 2. The number of fused-ring (bicyclic) bond motifs is 1. The molecule has 0 fully saturated rings. The lowest BCUT2D eigenvalue weighted by molar-refractivity contribution is 0.0710. The summed E-state index contributed by atoms with van der Waals surface area (Å²) in [6, 6.07) is 14.5. The number of aromatic amines is 1. The number of nitrogens with one attached hydrogen (secondary N) is 1. The SMILES string of the molecule is CCOCCCN1C(=O)c2[nH]nc(-c3ccccc3O)c2C1c1cccc(OCC)c1. The van der Waals surface area contributed by atoms with Crippen LogP contribution in [-0.2, 0) is 4.74 Å². The van der Waals surface area contributed by atoms with Gasteiger partial charge in [-0.2, -0.15) is 5.10 Å². The topological polar surface area (TPSA) is 87.7 Å². The third-order valence-electron chi connectivity index (χ3n) is 5.40. The number of phenols is 1. The van der Waals surface area contributed by atoms with Gasteiger partial charge in [-0.3, -0.25) is 9.89 Å². The molecule has 2 aromatic carbocycles. The predicted molar refractivity (Wildman–Crippen MR) is 117 cm³/mol. The highest BCUT2D eigenvalue weighted by Crippen LogP contribution is 2.44. The van der Waals surface area contributed by atoms with Crippen LogP contribution in [0.4, 0.5) is 0 Å². The number of hydrogen-bond acceptors (Lipinski definition) is 5. The minimum Gasteiger partial charge on any atom is -0.507 e. The first-order valence-electron chi connectivity index (χ1n) is 10.6. The molecule has 1 amide bonds. The minimum atomic E-state index is -0.335. The summed E-state index contributed by atoms with van der Waals surface area (Å²) < 4.78 is 11.2. The van der Waals surface area contributed by atoms with Crippen molar-refractivity contribution in [1.29, 1.82) is 0 Å². The molecule has 1 aliphatic rings. The number of amides is 1. The van der Waals surface area contributed by atoms with Crippen molar-refractivity contribution < 1.29 is 19.4 Å². The number of aromatic hydroxyl groups is 1. The Morgan fingerprint density at radius 2 is 1.97 bits per heavy atom. The van der Waals surface area contributed by atoms with Gasteiger partial charge in [-0.25, -0.2) is 0 Å². The Morgan fingerprint density at radius 1 is 1.13 bits per heavy atom. The van der Waals surface area contributed by atoms with E-state index in [1.165, 1.54) is 0 Å². The van der Waals surface area contributed by atoms with Gasteiger partial charge in [0.25, 0.3) is 5.91 Å². The normalized spacial score (nSPS) is 15.4. The monoisotopic (exact) mass is 421 g/mol. The second-order valence-electron chi connectivity index (χ2n) is 7.34. The van der Waals surface area contributed by atoms with Crippen molar-refractivity contribution in [3.05, 3.63) is 65.4 Å². The fraction of sp³-hybridized carbons (Fsp3) is 0.333. The summed E-state index contributed by atoms with van der Waals surface area (Å²) in [6.45, 7) is 6.24. The molecule has 1 unspecified atom stereocenters. The molecule has 2 N–H and O–H groups in total. The van der Waals surface area contributed by atoms with E-state index < -0.39 is 0 Å². The predicted octanol–water partition coefficient (Wildman–Crippen LogP) is 4.15. The molecule has 0 saturated carbocycles. The zero-order chi connectivity index (χ0) is 21.8. The highest BCUT2D eigenvalue weighted by molar-refractivity contribution is 6.00. The third kappa shape index (κ3) is 4.01. The van der Waals surface area contributed by atoms with Gasteiger partial charge in [0.05, 0.1) is 12.6 Å². The number of carbonyl (C=O) groups excluding carboxylic acids is 1. The van der Waals surface area contributed by atoms with Crippen LogP contribution in [0, 0.1) is 0 Å². The van der Waals surface area contributed by atoms with Crippen LogP contribution in [0.2, 0.25) is 0 Å². The van der Waals surface area contributed by atoms with Crippen LogP contribution in [-0.4, -0.2) is 52.5 Å².